The third-order valence-corrected chi connectivity index (χ3v) is 5.55. The van der Waals surface area contributed by atoms with Crippen LogP contribution in [0, 0.1) is 3.57 Å². The Morgan fingerprint density at radius 1 is 0.786 bits per heavy atom. The van der Waals surface area contributed by atoms with Gasteiger partial charge in [0, 0.05) is 15.0 Å². The highest BCUT2D eigenvalue weighted by molar-refractivity contribution is 14.1. The van der Waals surface area contributed by atoms with Crippen molar-refractivity contribution in [2.75, 3.05) is 0 Å². The van der Waals surface area contributed by atoms with Crippen LogP contribution >= 0.6 is 34.2 Å². The van der Waals surface area contributed by atoms with Gasteiger partial charge in [0.1, 0.15) is 0 Å². The van der Waals surface area contributed by atoms with Gasteiger partial charge in [-0.2, -0.15) is 0 Å². The first-order chi connectivity index (χ1) is 13.6. The van der Waals surface area contributed by atoms with Gasteiger partial charge in [-0.05, 0) is 76.7 Å². The molecule has 0 unspecified atom stereocenters. The minimum Gasteiger partial charge on any atom is -0.481 e. The first kappa shape index (κ1) is 22.4. The maximum absolute atomic E-state index is 10.3. The van der Waals surface area contributed by atoms with Gasteiger partial charge in [-0.25, -0.2) is 0 Å². The number of hydrogen-bond donors (Lipinski definition) is 1. The highest BCUT2D eigenvalue weighted by atomic mass is 127. The molecule has 146 valence electrons. The molecule has 1 N–H and O–H groups in total. The Morgan fingerprint density at radius 2 is 1.39 bits per heavy atom. The van der Waals surface area contributed by atoms with E-state index in [4.69, 9.17) is 16.7 Å². The molecule has 0 saturated heterocycles. The van der Waals surface area contributed by atoms with Crippen LogP contribution in [0.25, 0.3) is 11.1 Å². The normalized spacial score (nSPS) is 10.1. The highest BCUT2D eigenvalue weighted by Crippen LogP contribution is 2.20. The van der Waals surface area contributed by atoms with E-state index in [1.807, 2.05) is 48.5 Å². The molecule has 28 heavy (non-hydrogen) atoms. The van der Waals surface area contributed by atoms with E-state index in [-0.39, 0.29) is 0 Å². The average Bonchev–Trinajstić information content (AvgIpc) is 2.71. The van der Waals surface area contributed by atoms with Gasteiger partial charge in [-0.3, -0.25) is 4.79 Å². The molecule has 0 radical (unpaired) electrons. The van der Waals surface area contributed by atoms with Crippen LogP contribution in [0.5, 0.6) is 0 Å². The lowest BCUT2D eigenvalue weighted by molar-refractivity contribution is -0.137. The molecule has 0 atom stereocenters. The summed E-state index contributed by atoms with van der Waals surface area (Å²) in [6.45, 7) is 0. The standard InChI is InChI=1S/C12H9Cl.C12H15IO2/c13-12-8-6-11(7-9-12)10-4-2-1-3-5-10;13-11-8-5-4-7-10(11)6-2-1-3-9-12(14)15/h1-9H;4-5,7-8H,1-3,6,9H2,(H,14,15). The lowest BCUT2D eigenvalue weighted by Crippen LogP contribution is -1.94. The van der Waals surface area contributed by atoms with E-state index in [2.05, 4.69) is 52.9 Å². The van der Waals surface area contributed by atoms with Crippen molar-refractivity contribution in [3.8, 4) is 11.1 Å². The fraction of sp³-hybridized carbons (Fsp3) is 0.208. The van der Waals surface area contributed by atoms with Gasteiger partial charge in [0.15, 0.2) is 0 Å². The SMILES string of the molecule is Clc1ccc(-c2ccccc2)cc1.O=C(O)CCCCCc1ccccc1I. The topological polar surface area (TPSA) is 37.3 Å². The first-order valence-corrected chi connectivity index (χ1v) is 10.8. The lowest BCUT2D eigenvalue weighted by atomic mass is 10.1. The van der Waals surface area contributed by atoms with Crippen molar-refractivity contribution in [1.29, 1.82) is 0 Å². The molecule has 2 nitrogen and oxygen atoms in total. The molecule has 0 spiro atoms. The van der Waals surface area contributed by atoms with Crippen LogP contribution in [0.4, 0.5) is 0 Å². The van der Waals surface area contributed by atoms with Gasteiger partial charge in [-0.1, -0.05) is 78.7 Å². The van der Waals surface area contributed by atoms with Crippen molar-refractivity contribution in [2.45, 2.75) is 32.1 Å². The zero-order valence-corrected chi connectivity index (χ0v) is 18.6. The number of halogens is 2. The third-order valence-electron chi connectivity index (χ3n) is 4.25. The van der Waals surface area contributed by atoms with Gasteiger partial charge >= 0.3 is 5.97 Å². The van der Waals surface area contributed by atoms with Crippen molar-refractivity contribution in [2.24, 2.45) is 0 Å². The molecule has 0 fully saturated rings. The molecule has 0 aliphatic rings. The second kappa shape index (κ2) is 12.6. The van der Waals surface area contributed by atoms with Gasteiger partial charge in [0.2, 0.25) is 0 Å². The quantitative estimate of drug-likeness (QED) is 0.266. The number of hydrogen-bond acceptors (Lipinski definition) is 1. The summed E-state index contributed by atoms with van der Waals surface area (Å²) in [4.78, 5) is 10.3. The summed E-state index contributed by atoms with van der Waals surface area (Å²) >= 11 is 8.14. The van der Waals surface area contributed by atoms with E-state index in [0.29, 0.717) is 6.42 Å². The smallest absolute Gasteiger partial charge is 0.303 e. The number of aryl methyl sites for hydroxylation is 1. The van der Waals surface area contributed by atoms with E-state index in [1.165, 1.54) is 20.3 Å². The minimum atomic E-state index is -0.690. The fourth-order valence-electron chi connectivity index (χ4n) is 2.74. The van der Waals surface area contributed by atoms with Crippen LogP contribution < -0.4 is 0 Å². The van der Waals surface area contributed by atoms with Crippen LogP contribution in [-0.2, 0) is 11.2 Å². The van der Waals surface area contributed by atoms with Crippen LogP contribution in [-0.4, -0.2) is 11.1 Å². The molecule has 0 heterocycles. The van der Waals surface area contributed by atoms with Crippen molar-refractivity contribution in [3.05, 3.63) is 93.0 Å². The molecule has 4 heteroatoms. The maximum Gasteiger partial charge on any atom is 0.303 e. The number of carboxylic acids is 1. The predicted molar refractivity (Wildman–Crippen MR) is 126 cm³/mol. The lowest BCUT2D eigenvalue weighted by Gasteiger charge is -2.03. The average molecular weight is 507 g/mol. The van der Waals surface area contributed by atoms with Crippen molar-refractivity contribution in [1.82, 2.24) is 0 Å². The Morgan fingerprint density at radius 3 is 2.04 bits per heavy atom. The summed E-state index contributed by atoms with van der Waals surface area (Å²) in [6, 6.07) is 26.4. The number of aliphatic carboxylic acids is 1. The van der Waals surface area contributed by atoms with E-state index in [0.717, 1.165) is 30.7 Å². The van der Waals surface area contributed by atoms with Gasteiger partial charge in [-0.15, -0.1) is 0 Å². The van der Waals surface area contributed by atoms with Crippen LogP contribution in [0.2, 0.25) is 5.02 Å². The summed E-state index contributed by atoms with van der Waals surface area (Å²) in [7, 11) is 0. The molecule has 3 aromatic rings. The van der Waals surface area contributed by atoms with Gasteiger partial charge in [0.25, 0.3) is 0 Å². The molecule has 3 rings (SSSR count). The van der Waals surface area contributed by atoms with E-state index in [9.17, 15) is 4.79 Å². The van der Waals surface area contributed by atoms with Crippen molar-refractivity contribution >= 4 is 40.2 Å². The minimum absolute atomic E-state index is 0.298. The Kier molecular flexibility index (Phi) is 10.1. The Labute approximate surface area is 185 Å². The summed E-state index contributed by atoms with van der Waals surface area (Å²) in [5.74, 6) is -0.690. The number of benzene rings is 3. The van der Waals surface area contributed by atoms with E-state index >= 15 is 0 Å². The zero-order valence-electron chi connectivity index (χ0n) is 15.7. The molecule has 0 bridgehead atoms. The monoisotopic (exact) mass is 506 g/mol. The summed E-state index contributed by atoms with van der Waals surface area (Å²) in [5.41, 5.74) is 3.79. The second-order valence-corrected chi connectivity index (χ2v) is 8.02. The summed E-state index contributed by atoms with van der Waals surface area (Å²) in [6.07, 6.45) is 4.22. The summed E-state index contributed by atoms with van der Waals surface area (Å²) < 4.78 is 1.30. The number of unbranched alkanes of at least 4 members (excludes halogenated alkanes) is 2. The molecular formula is C24H24ClIO2. The number of carbonyl (C=O) groups is 1. The zero-order chi connectivity index (χ0) is 20.2. The number of rotatable bonds is 7. The Balaban J connectivity index is 0.000000202. The second-order valence-electron chi connectivity index (χ2n) is 6.42. The van der Waals surface area contributed by atoms with Gasteiger partial charge < -0.3 is 5.11 Å². The van der Waals surface area contributed by atoms with Crippen LogP contribution in [0.3, 0.4) is 0 Å². The molecule has 3 aromatic carbocycles. The van der Waals surface area contributed by atoms with Crippen LogP contribution in [0.15, 0.2) is 78.9 Å². The third kappa shape index (κ3) is 8.44. The van der Waals surface area contributed by atoms with Crippen LogP contribution in [0.1, 0.15) is 31.2 Å². The largest absolute Gasteiger partial charge is 0.481 e. The van der Waals surface area contributed by atoms with Crippen molar-refractivity contribution < 1.29 is 9.90 Å². The molecule has 0 saturated carbocycles. The maximum atomic E-state index is 10.3. The predicted octanol–water partition coefficient (Wildman–Crippen LogP) is 7.49. The highest BCUT2D eigenvalue weighted by Gasteiger charge is 2.00. The van der Waals surface area contributed by atoms with Crippen molar-refractivity contribution in [3.63, 3.8) is 0 Å². The molecule has 0 aromatic heterocycles. The molecule has 0 amide bonds. The Bertz CT molecular complexity index is 848. The van der Waals surface area contributed by atoms with Gasteiger partial charge in [0.05, 0.1) is 0 Å². The Hall–Kier alpha value is -1.85. The molecule has 0 aliphatic carbocycles. The van der Waals surface area contributed by atoms with E-state index < -0.39 is 5.97 Å². The number of carboxylic acid groups (broad SMARTS) is 1. The summed E-state index contributed by atoms with van der Waals surface area (Å²) in [5, 5.41) is 9.25. The van der Waals surface area contributed by atoms with E-state index in [1.54, 1.807) is 0 Å². The fourth-order valence-corrected chi connectivity index (χ4v) is 3.53. The molecule has 0 aliphatic heterocycles. The molecular weight excluding hydrogens is 483 g/mol. The first-order valence-electron chi connectivity index (χ1n) is 9.32.